The summed E-state index contributed by atoms with van der Waals surface area (Å²) in [7, 11) is 0. The summed E-state index contributed by atoms with van der Waals surface area (Å²) in [4.78, 5) is 25.1. The van der Waals surface area contributed by atoms with Crippen molar-refractivity contribution in [2.75, 3.05) is 37.0 Å². The van der Waals surface area contributed by atoms with E-state index < -0.39 is 4.92 Å². The smallest absolute Gasteiger partial charge is 0.269 e. The van der Waals surface area contributed by atoms with Crippen molar-refractivity contribution in [2.24, 2.45) is 0 Å². The van der Waals surface area contributed by atoms with E-state index in [1.54, 1.807) is 12.1 Å². The molecule has 10 nitrogen and oxygen atoms in total. The van der Waals surface area contributed by atoms with E-state index in [1.807, 2.05) is 24.3 Å². The number of hydrogen-bond donors (Lipinski definition) is 0. The molecule has 4 rings (SSSR count). The Morgan fingerprint density at radius 1 is 1.07 bits per heavy atom. The molecule has 0 aliphatic carbocycles. The minimum atomic E-state index is -0.470. The first-order valence-electron chi connectivity index (χ1n) is 9.24. The topological polar surface area (TPSA) is 116 Å². The molecule has 0 atom stereocenters. The molecular formula is C19H18N6O4S. The van der Waals surface area contributed by atoms with Crippen molar-refractivity contribution in [3.05, 3.63) is 64.2 Å². The molecule has 1 aliphatic heterocycles. The summed E-state index contributed by atoms with van der Waals surface area (Å²) in [5.74, 6) is 0.135. The number of carbonyl (C=O) groups is 1. The number of nitro groups is 1. The van der Waals surface area contributed by atoms with Gasteiger partial charge in [0.15, 0.2) is 5.78 Å². The van der Waals surface area contributed by atoms with Gasteiger partial charge in [0.25, 0.3) is 5.69 Å². The van der Waals surface area contributed by atoms with Gasteiger partial charge in [0.1, 0.15) is 0 Å². The Morgan fingerprint density at radius 2 is 1.73 bits per heavy atom. The maximum atomic E-state index is 12.6. The van der Waals surface area contributed by atoms with E-state index in [-0.39, 0.29) is 17.2 Å². The number of hydrogen-bond acceptors (Lipinski definition) is 9. The van der Waals surface area contributed by atoms with Crippen molar-refractivity contribution in [3.63, 3.8) is 0 Å². The zero-order valence-corrected chi connectivity index (χ0v) is 16.7. The monoisotopic (exact) mass is 426 g/mol. The molecular weight excluding hydrogens is 408 g/mol. The highest BCUT2D eigenvalue weighted by Crippen LogP contribution is 2.22. The molecule has 11 heteroatoms. The van der Waals surface area contributed by atoms with Gasteiger partial charge in [-0.15, -0.1) is 5.10 Å². The highest BCUT2D eigenvalue weighted by molar-refractivity contribution is 7.99. The van der Waals surface area contributed by atoms with Gasteiger partial charge in [-0.2, -0.15) is 4.68 Å². The quantitative estimate of drug-likeness (QED) is 0.243. The maximum Gasteiger partial charge on any atom is 0.269 e. The van der Waals surface area contributed by atoms with Gasteiger partial charge >= 0.3 is 0 Å². The number of aromatic nitrogens is 4. The standard InChI is InChI=1S/C19H18N6O4S/c26-18(14-1-3-15(4-2-14)23-9-11-29-12-10-23)13-30-19-20-21-22-24(19)16-5-7-17(8-6-16)25(27)28/h1-8H,9-13H2. The third kappa shape index (κ3) is 4.47. The Hall–Kier alpha value is -3.31. The number of morpholine rings is 1. The Bertz CT molecular complexity index is 1030. The second-order valence-corrected chi connectivity index (χ2v) is 7.45. The summed E-state index contributed by atoms with van der Waals surface area (Å²) in [6, 6.07) is 13.4. The summed E-state index contributed by atoms with van der Waals surface area (Å²) in [6.45, 7) is 3.10. The molecule has 0 unspecified atom stereocenters. The van der Waals surface area contributed by atoms with Crippen LogP contribution < -0.4 is 4.90 Å². The van der Waals surface area contributed by atoms with Gasteiger partial charge in [-0.3, -0.25) is 14.9 Å². The fourth-order valence-electron chi connectivity index (χ4n) is 3.04. The van der Waals surface area contributed by atoms with Gasteiger partial charge in [0.2, 0.25) is 5.16 Å². The second-order valence-electron chi connectivity index (χ2n) is 6.50. The number of carbonyl (C=O) groups excluding carboxylic acids is 1. The van der Waals surface area contributed by atoms with E-state index in [0.29, 0.717) is 29.6 Å². The molecule has 30 heavy (non-hydrogen) atoms. The molecule has 1 aromatic heterocycles. The van der Waals surface area contributed by atoms with Gasteiger partial charge in [-0.1, -0.05) is 11.8 Å². The number of rotatable bonds is 7. The predicted octanol–water partition coefficient (Wildman–Crippen LogP) is 2.38. The lowest BCUT2D eigenvalue weighted by molar-refractivity contribution is -0.384. The summed E-state index contributed by atoms with van der Waals surface area (Å²) < 4.78 is 6.81. The van der Waals surface area contributed by atoms with Crippen LogP contribution in [0.5, 0.6) is 0 Å². The molecule has 154 valence electrons. The molecule has 1 aliphatic rings. The normalized spacial score (nSPS) is 13.9. The van der Waals surface area contributed by atoms with Crippen molar-refractivity contribution in [3.8, 4) is 5.69 Å². The SMILES string of the molecule is O=C(CSc1nnnn1-c1ccc([N+](=O)[O-])cc1)c1ccc(N2CCOCC2)cc1. The fraction of sp³-hybridized carbons (Fsp3) is 0.263. The second kappa shape index (κ2) is 9.01. The van der Waals surface area contributed by atoms with Crippen LogP contribution in [0.4, 0.5) is 11.4 Å². The van der Waals surface area contributed by atoms with E-state index in [9.17, 15) is 14.9 Å². The van der Waals surface area contributed by atoms with Crippen molar-refractivity contribution >= 4 is 28.9 Å². The van der Waals surface area contributed by atoms with Gasteiger partial charge in [-0.25, -0.2) is 0 Å². The number of non-ortho nitro benzene ring substituents is 1. The molecule has 0 radical (unpaired) electrons. The molecule has 1 fully saturated rings. The third-order valence-corrected chi connectivity index (χ3v) is 5.56. The van der Waals surface area contributed by atoms with Crippen molar-refractivity contribution in [1.82, 2.24) is 20.2 Å². The zero-order chi connectivity index (χ0) is 20.9. The van der Waals surface area contributed by atoms with E-state index in [4.69, 9.17) is 4.74 Å². The van der Waals surface area contributed by atoms with Crippen LogP contribution >= 0.6 is 11.8 Å². The number of thioether (sulfide) groups is 1. The van der Waals surface area contributed by atoms with Crippen molar-refractivity contribution in [2.45, 2.75) is 5.16 Å². The molecule has 1 saturated heterocycles. The van der Waals surface area contributed by atoms with Crippen LogP contribution in [-0.2, 0) is 4.74 Å². The Balaban J connectivity index is 1.40. The van der Waals surface area contributed by atoms with E-state index in [2.05, 4.69) is 20.4 Å². The summed E-state index contributed by atoms with van der Waals surface area (Å²) in [6.07, 6.45) is 0. The largest absolute Gasteiger partial charge is 0.378 e. The lowest BCUT2D eigenvalue weighted by Crippen LogP contribution is -2.36. The van der Waals surface area contributed by atoms with E-state index in [1.165, 1.54) is 28.6 Å². The molecule has 0 amide bonds. The third-order valence-electron chi connectivity index (χ3n) is 4.64. The molecule has 3 aromatic rings. The highest BCUT2D eigenvalue weighted by Gasteiger charge is 2.15. The van der Waals surface area contributed by atoms with E-state index >= 15 is 0 Å². The average molecular weight is 426 g/mol. The number of nitro benzene ring substituents is 1. The first-order chi connectivity index (χ1) is 14.6. The minimum Gasteiger partial charge on any atom is -0.378 e. The van der Waals surface area contributed by atoms with Crippen LogP contribution in [0.2, 0.25) is 0 Å². The van der Waals surface area contributed by atoms with Crippen molar-refractivity contribution < 1.29 is 14.5 Å². The molecule has 0 N–H and O–H groups in total. The summed E-state index contributed by atoms with van der Waals surface area (Å²) in [5.41, 5.74) is 2.26. The first-order valence-corrected chi connectivity index (χ1v) is 10.2. The van der Waals surface area contributed by atoms with Crippen LogP contribution in [0.25, 0.3) is 5.69 Å². The number of nitrogens with zero attached hydrogens (tertiary/aromatic N) is 6. The average Bonchev–Trinajstić information content (AvgIpc) is 3.27. The van der Waals surface area contributed by atoms with Crippen LogP contribution in [-0.4, -0.2) is 63.0 Å². The van der Waals surface area contributed by atoms with E-state index in [0.717, 1.165) is 18.8 Å². The Labute approximate surface area is 176 Å². The van der Waals surface area contributed by atoms with Crippen molar-refractivity contribution in [1.29, 1.82) is 0 Å². The van der Waals surface area contributed by atoms with Crippen LogP contribution in [0, 0.1) is 10.1 Å². The molecule has 0 bridgehead atoms. The zero-order valence-electron chi connectivity index (χ0n) is 15.9. The lowest BCUT2D eigenvalue weighted by atomic mass is 10.1. The highest BCUT2D eigenvalue weighted by atomic mass is 32.2. The van der Waals surface area contributed by atoms with Gasteiger partial charge in [0, 0.05) is 36.5 Å². The maximum absolute atomic E-state index is 12.6. The number of ether oxygens (including phenoxy) is 1. The van der Waals surface area contributed by atoms with Gasteiger partial charge in [-0.05, 0) is 46.8 Å². The minimum absolute atomic E-state index is 0.0169. The molecule has 2 heterocycles. The Morgan fingerprint density at radius 3 is 2.40 bits per heavy atom. The molecule has 2 aromatic carbocycles. The van der Waals surface area contributed by atoms with Crippen LogP contribution in [0.15, 0.2) is 53.7 Å². The Kier molecular flexibility index (Phi) is 6.00. The molecule has 0 spiro atoms. The van der Waals surface area contributed by atoms with Gasteiger partial charge < -0.3 is 9.64 Å². The lowest BCUT2D eigenvalue weighted by Gasteiger charge is -2.28. The van der Waals surface area contributed by atoms with Gasteiger partial charge in [0.05, 0.1) is 29.6 Å². The number of Topliss-reactive ketones (excluding diaryl/α,β-unsaturated/α-hetero) is 1. The van der Waals surface area contributed by atoms with Crippen LogP contribution in [0.1, 0.15) is 10.4 Å². The summed E-state index contributed by atoms with van der Waals surface area (Å²) in [5, 5.41) is 22.7. The predicted molar refractivity (Wildman–Crippen MR) is 110 cm³/mol. The number of tetrazole rings is 1. The number of benzene rings is 2. The fourth-order valence-corrected chi connectivity index (χ4v) is 3.82. The number of ketones is 1. The number of anilines is 1. The first kappa shape index (κ1) is 20.0. The van der Waals surface area contributed by atoms with Crippen LogP contribution in [0.3, 0.4) is 0 Å². The molecule has 0 saturated carbocycles. The summed E-state index contributed by atoms with van der Waals surface area (Å²) >= 11 is 1.21.